The van der Waals surface area contributed by atoms with Gasteiger partial charge in [-0.15, -0.1) is 0 Å². The van der Waals surface area contributed by atoms with Gasteiger partial charge in [0.2, 0.25) is 5.91 Å². The fourth-order valence-electron chi connectivity index (χ4n) is 3.76. The minimum Gasteiger partial charge on any atom is -0.325 e. The van der Waals surface area contributed by atoms with E-state index >= 15 is 0 Å². The second-order valence-electron chi connectivity index (χ2n) is 7.32. The Morgan fingerprint density at radius 3 is 2.79 bits per heavy atom. The molecule has 0 aliphatic heterocycles. The second kappa shape index (κ2) is 8.37. The van der Waals surface area contributed by atoms with Crippen LogP contribution in [0.1, 0.15) is 37.3 Å². The van der Waals surface area contributed by atoms with Gasteiger partial charge in [-0.25, -0.2) is 9.37 Å². The van der Waals surface area contributed by atoms with Gasteiger partial charge in [0.1, 0.15) is 5.82 Å². The Bertz CT molecular complexity index is 1120. The van der Waals surface area contributed by atoms with Crippen molar-refractivity contribution in [3.05, 3.63) is 64.2 Å². The molecule has 1 saturated carbocycles. The number of nitrogens with zero attached hydrogens (tertiary/aromatic N) is 2. The van der Waals surface area contributed by atoms with Gasteiger partial charge < -0.3 is 5.32 Å². The molecule has 1 fully saturated rings. The van der Waals surface area contributed by atoms with E-state index in [-0.39, 0.29) is 23.3 Å². The smallest absolute Gasteiger partial charge is 0.262 e. The van der Waals surface area contributed by atoms with E-state index in [0.29, 0.717) is 21.7 Å². The predicted molar refractivity (Wildman–Crippen MR) is 114 cm³/mol. The van der Waals surface area contributed by atoms with Gasteiger partial charge in [-0.05, 0) is 49.6 Å². The normalized spacial score (nSPS) is 14.4. The molecule has 0 saturated heterocycles. The quantitative estimate of drug-likeness (QED) is 0.489. The summed E-state index contributed by atoms with van der Waals surface area (Å²) in [5.41, 5.74) is 1.83. The highest BCUT2D eigenvalue weighted by Crippen LogP contribution is 2.32. The number of aryl methyl sites for hydroxylation is 1. The number of para-hydroxylation sites is 1. The molecule has 1 aliphatic carbocycles. The first-order chi connectivity index (χ1) is 14.0. The third kappa shape index (κ3) is 4.19. The highest BCUT2D eigenvalue weighted by Gasteiger charge is 2.23. The van der Waals surface area contributed by atoms with E-state index in [1.165, 1.54) is 23.9 Å². The lowest BCUT2D eigenvalue weighted by Gasteiger charge is -2.18. The molecular weight excluding hydrogens is 389 g/mol. The summed E-state index contributed by atoms with van der Waals surface area (Å²) in [5.74, 6) is -0.568. The number of carbonyl (C=O) groups is 1. The average Bonchev–Trinajstić information content (AvgIpc) is 3.23. The van der Waals surface area contributed by atoms with E-state index in [9.17, 15) is 14.0 Å². The van der Waals surface area contributed by atoms with Crippen LogP contribution >= 0.6 is 11.8 Å². The zero-order chi connectivity index (χ0) is 20.4. The van der Waals surface area contributed by atoms with Gasteiger partial charge in [0, 0.05) is 11.7 Å². The summed E-state index contributed by atoms with van der Waals surface area (Å²) >= 11 is 1.25. The van der Waals surface area contributed by atoms with Crippen LogP contribution < -0.4 is 10.9 Å². The Morgan fingerprint density at radius 1 is 1.24 bits per heavy atom. The molecule has 5 nitrogen and oxygen atoms in total. The highest BCUT2D eigenvalue weighted by molar-refractivity contribution is 7.99. The number of hydrogen-bond donors (Lipinski definition) is 1. The molecule has 0 spiro atoms. The first-order valence-corrected chi connectivity index (χ1v) is 10.7. The maximum Gasteiger partial charge on any atom is 0.262 e. The van der Waals surface area contributed by atoms with E-state index in [1.54, 1.807) is 16.7 Å². The lowest BCUT2D eigenvalue weighted by atomic mass is 10.2. The monoisotopic (exact) mass is 411 g/mol. The number of hydrogen-bond acceptors (Lipinski definition) is 4. The first-order valence-electron chi connectivity index (χ1n) is 9.73. The van der Waals surface area contributed by atoms with Gasteiger partial charge in [0.05, 0.1) is 16.7 Å². The minimum atomic E-state index is -0.398. The number of anilines is 1. The zero-order valence-electron chi connectivity index (χ0n) is 16.2. The Kier molecular flexibility index (Phi) is 5.67. The number of halogens is 1. The van der Waals surface area contributed by atoms with Crippen molar-refractivity contribution >= 4 is 34.3 Å². The van der Waals surface area contributed by atoms with Crippen molar-refractivity contribution < 1.29 is 9.18 Å². The van der Waals surface area contributed by atoms with Crippen molar-refractivity contribution in [1.29, 1.82) is 0 Å². The number of amides is 1. The second-order valence-corrected chi connectivity index (χ2v) is 8.26. The fraction of sp³-hybridized carbons (Fsp3) is 0.318. The number of benzene rings is 2. The van der Waals surface area contributed by atoms with Gasteiger partial charge in [0.15, 0.2) is 5.16 Å². The molecule has 1 aliphatic rings. The summed E-state index contributed by atoms with van der Waals surface area (Å²) in [7, 11) is 0. The van der Waals surface area contributed by atoms with Crippen molar-refractivity contribution in [2.45, 2.75) is 43.8 Å². The maximum atomic E-state index is 13.5. The van der Waals surface area contributed by atoms with Gasteiger partial charge in [0.25, 0.3) is 5.56 Å². The van der Waals surface area contributed by atoms with Crippen LogP contribution in [0.15, 0.2) is 52.4 Å². The van der Waals surface area contributed by atoms with Gasteiger partial charge in [-0.1, -0.05) is 42.8 Å². The number of fused-ring (bicyclic) bond motifs is 1. The van der Waals surface area contributed by atoms with Crippen LogP contribution in [-0.4, -0.2) is 21.2 Å². The number of nitrogens with one attached hydrogen (secondary N) is 1. The van der Waals surface area contributed by atoms with Gasteiger partial charge in [-0.3, -0.25) is 14.2 Å². The third-order valence-electron chi connectivity index (χ3n) is 5.27. The van der Waals surface area contributed by atoms with Crippen molar-refractivity contribution in [3.8, 4) is 0 Å². The third-order valence-corrected chi connectivity index (χ3v) is 6.22. The molecule has 150 valence electrons. The molecule has 4 rings (SSSR count). The average molecular weight is 412 g/mol. The molecule has 3 aromatic rings. The van der Waals surface area contributed by atoms with E-state index in [0.717, 1.165) is 31.2 Å². The topological polar surface area (TPSA) is 64.0 Å². The molecule has 0 bridgehead atoms. The van der Waals surface area contributed by atoms with E-state index in [1.807, 2.05) is 25.1 Å². The summed E-state index contributed by atoms with van der Waals surface area (Å²) in [4.78, 5) is 30.3. The summed E-state index contributed by atoms with van der Waals surface area (Å²) in [6.07, 6.45) is 4.07. The van der Waals surface area contributed by atoms with Gasteiger partial charge in [-0.2, -0.15) is 0 Å². The molecule has 7 heteroatoms. The summed E-state index contributed by atoms with van der Waals surface area (Å²) < 4.78 is 15.2. The molecule has 29 heavy (non-hydrogen) atoms. The first kappa shape index (κ1) is 19.6. The number of carbonyl (C=O) groups excluding carboxylic acids is 1. The van der Waals surface area contributed by atoms with Crippen LogP contribution in [-0.2, 0) is 4.79 Å². The van der Waals surface area contributed by atoms with Crippen molar-refractivity contribution in [3.63, 3.8) is 0 Å². The van der Waals surface area contributed by atoms with E-state index < -0.39 is 5.82 Å². The van der Waals surface area contributed by atoms with Crippen LogP contribution in [0.25, 0.3) is 10.9 Å². The minimum absolute atomic E-state index is 0.0496. The Labute approximate surface area is 172 Å². The van der Waals surface area contributed by atoms with E-state index in [4.69, 9.17) is 0 Å². The largest absolute Gasteiger partial charge is 0.325 e. The SMILES string of the molecule is Cc1ccc(F)cc1NC(=O)CSc1nc2ccccc2c(=O)n1C1CCCC1. The van der Waals surface area contributed by atoms with Crippen LogP contribution in [0.4, 0.5) is 10.1 Å². The number of rotatable bonds is 5. The fourth-order valence-corrected chi connectivity index (χ4v) is 4.62. The van der Waals surface area contributed by atoms with Crippen molar-refractivity contribution in [1.82, 2.24) is 9.55 Å². The molecule has 0 unspecified atom stereocenters. The van der Waals surface area contributed by atoms with Crippen molar-refractivity contribution in [2.75, 3.05) is 11.1 Å². The molecular formula is C22H22FN3O2S. The summed E-state index contributed by atoms with van der Waals surface area (Å²) in [6, 6.07) is 11.7. The lowest BCUT2D eigenvalue weighted by molar-refractivity contribution is -0.113. The van der Waals surface area contributed by atoms with Crippen molar-refractivity contribution in [2.24, 2.45) is 0 Å². The molecule has 0 radical (unpaired) electrons. The Hall–Kier alpha value is -2.67. The number of thioether (sulfide) groups is 1. The standard InChI is InChI=1S/C22H22FN3O2S/c1-14-10-11-15(23)12-19(14)24-20(27)13-29-22-25-18-9-5-4-8-17(18)21(28)26(22)16-6-2-3-7-16/h4-5,8-12,16H,2-3,6-7,13H2,1H3,(H,24,27). The molecule has 1 aromatic heterocycles. The Morgan fingerprint density at radius 2 is 2.00 bits per heavy atom. The summed E-state index contributed by atoms with van der Waals surface area (Å²) in [5, 5.41) is 3.91. The molecule has 1 heterocycles. The maximum absolute atomic E-state index is 13.5. The lowest BCUT2D eigenvalue weighted by Crippen LogP contribution is -2.27. The number of aromatic nitrogens is 2. The van der Waals surface area contributed by atoms with Gasteiger partial charge >= 0.3 is 0 Å². The molecule has 0 atom stereocenters. The van der Waals surface area contributed by atoms with Crippen LogP contribution in [0.5, 0.6) is 0 Å². The highest BCUT2D eigenvalue weighted by atomic mass is 32.2. The Balaban J connectivity index is 1.59. The molecule has 1 amide bonds. The van der Waals surface area contributed by atoms with Crippen LogP contribution in [0.3, 0.4) is 0 Å². The summed E-state index contributed by atoms with van der Waals surface area (Å²) in [6.45, 7) is 1.81. The van der Waals surface area contributed by atoms with Crippen LogP contribution in [0.2, 0.25) is 0 Å². The zero-order valence-corrected chi connectivity index (χ0v) is 17.0. The predicted octanol–water partition coefficient (Wildman–Crippen LogP) is 4.69. The van der Waals surface area contributed by atoms with Crippen LogP contribution in [0, 0.1) is 12.7 Å². The molecule has 2 aromatic carbocycles. The molecule has 1 N–H and O–H groups in total. The van der Waals surface area contributed by atoms with E-state index in [2.05, 4.69) is 10.3 Å².